The zero-order chi connectivity index (χ0) is 12.3. The summed E-state index contributed by atoms with van der Waals surface area (Å²) in [5.74, 6) is 0.00556. The summed E-state index contributed by atoms with van der Waals surface area (Å²) in [4.78, 5) is 16.3. The molecular weight excluding hydrogens is 210 g/mol. The van der Waals surface area contributed by atoms with Crippen molar-refractivity contribution in [1.29, 1.82) is 0 Å². The lowest BCUT2D eigenvalue weighted by molar-refractivity contribution is 0.103. The Morgan fingerprint density at radius 3 is 2.47 bits per heavy atom. The van der Waals surface area contributed by atoms with Crippen molar-refractivity contribution in [3.05, 3.63) is 72.1 Å². The third-order valence-corrected chi connectivity index (χ3v) is 2.56. The van der Waals surface area contributed by atoms with Crippen LogP contribution in [0.1, 0.15) is 28.4 Å². The van der Waals surface area contributed by atoms with Gasteiger partial charge in [0, 0.05) is 29.1 Å². The molecular formula is C15H13NO. The number of rotatable bonds is 3. The summed E-state index contributed by atoms with van der Waals surface area (Å²) in [5, 5.41) is 0. The standard InChI is InChI=1S/C15H13NO/c1-11(2)14-10-16-9-8-13(14)15(17)12-6-4-3-5-7-12/h3-10H,1H2,2H3. The Labute approximate surface area is 101 Å². The average Bonchev–Trinajstić information content (AvgIpc) is 2.39. The highest BCUT2D eigenvalue weighted by molar-refractivity contribution is 6.11. The quantitative estimate of drug-likeness (QED) is 0.747. The summed E-state index contributed by atoms with van der Waals surface area (Å²) in [7, 11) is 0. The molecule has 0 radical (unpaired) electrons. The lowest BCUT2D eigenvalue weighted by atomic mass is 9.97. The lowest BCUT2D eigenvalue weighted by Gasteiger charge is -2.07. The Kier molecular flexibility index (Phi) is 3.15. The number of hydrogen-bond donors (Lipinski definition) is 0. The molecule has 0 amide bonds. The number of carbonyl (C=O) groups is 1. The van der Waals surface area contributed by atoms with Crippen molar-refractivity contribution in [3.8, 4) is 0 Å². The van der Waals surface area contributed by atoms with E-state index in [1.54, 1.807) is 18.5 Å². The highest BCUT2D eigenvalue weighted by Gasteiger charge is 2.13. The predicted octanol–water partition coefficient (Wildman–Crippen LogP) is 3.35. The van der Waals surface area contributed by atoms with Crippen LogP contribution in [0.3, 0.4) is 0 Å². The Bertz CT molecular complexity index is 558. The van der Waals surface area contributed by atoms with Gasteiger partial charge in [0.1, 0.15) is 0 Å². The Hall–Kier alpha value is -2.22. The summed E-state index contributed by atoms with van der Waals surface area (Å²) in [6, 6.07) is 11.0. The molecule has 0 aliphatic heterocycles. The van der Waals surface area contributed by atoms with Crippen molar-refractivity contribution >= 4 is 11.4 Å². The van der Waals surface area contributed by atoms with E-state index in [4.69, 9.17) is 0 Å². The maximum Gasteiger partial charge on any atom is 0.193 e. The first-order valence-corrected chi connectivity index (χ1v) is 5.40. The minimum Gasteiger partial charge on any atom is -0.289 e. The van der Waals surface area contributed by atoms with E-state index in [9.17, 15) is 4.79 Å². The summed E-state index contributed by atoms with van der Waals surface area (Å²) < 4.78 is 0. The van der Waals surface area contributed by atoms with Gasteiger partial charge >= 0.3 is 0 Å². The van der Waals surface area contributed by atoms with E-state index in [0.29, 0.717) is 11.1 Å². The molecule has 0 bridgehead atoms. The fourth-order valence-electron chi connectivity index (χ4n) is 1.68. The van der Waals surface area contributed by atoms with Gasteiger partial charge in [0.25, 0.3) is 0 Å². The SMILES string of the molecule is C=C(C)c1cnccc1C(=O)c1ccccc1. The molecule has 2 rings (SSSR count). The average molecular weight is 223 g/mol. The first kappa shape index (κ1) is 11.3. The van der Waals surface area contributed by atoms with Crippen molar-refractivity contribution < 1.29 is 4.79 Å². The number of allylic oxidation sites excluding steroid dienone is 1. The largest absolute Gasteiger partial charge is 0.289 e. The van der Waals surface area contributed by atoms with Crippen molar-refractivity contribution in [2.45, 2.75) is 6.92 Å². The number of benzene rings is 1. The molecule has 0 unspecified atom stereocenters. The molecule has 2 nitrogen and oxygen atoms in total. The second-order valence-electron chi connectivity index (χ2n) is 3.90. The minimum atomic E-state index is 0.00556. The fraction of sp³-hybridized carbons (Fsp3) is 0.0667. The van der Waals surface area contributed by atoms with Crippen LogP contribution in [0, 0.1) is 0 Å². The summed E-state index contributed by atoms with van der Waals surface area (Å²) in [6.45, 7) is 5.74. The number of ketones is 1. The zero-order valence-corrected chi connectivity index (χ0v) is 9.68. The summed E-state index contributed by atoms with van der Waals surface area (Å²) in [6.07, 6.45) is 3.31. The summed E-state index contributed by atoms with van der Waals surface area (Å²) >= 11 is 0. The van der Waals surface area contributed by atoms with Crippen LogP contribution < -0.4 is 0 Å². The van der Waals surface area contributed by atoms with E-state index >= 15 is 0 Å². The maximum atomic E-state index is 12.3. The van der Waals surface area contributed by atoms with E-state index in [1.807, 2.05) is 37.3 Å². The summed E-state index contributed by atoms with van der Waals surface area (Å²) in [5.41, 5.74) is 2.98. The third kappa shape index (κ3) is 2.31. The van der Waals surface area contributed by atoms with Crippen molar-refractivity contribution in [2.24, 2.45) is 0 Å². The highest BCUT2D eigenvalue weighted by Crippen LogP contribution is 2.19. The van der Waals surface area contributed by atoms with Gasteiger partial charge in [-0.1, -0.05) is 36.9 Å². The molecule has 0 fully saturated rings. The molecule has 0 saturated heterocycles. The van der Waals surface area contributed by atoms with E-state index in [0.717, 1.165) is 11.1 Å². The second kappa shape index (κ2) is 4.74. The molecule has 2 heteroatoms. The maximum absolute atomic E-state index is 12.3. The van der Waals surface area contributed by atoms with Gasteiger partial charge in [-0.2, -0.15) is 0 Å². The molecule has 0 spiro atoms. The first-order chi connectivity index (χ1) is 8.20. The van der Waals surface area contributed by atoms with Crippen molar-refractivity contribution in [1.82, 2.24) is 4.98 Å². The first-order valence-electron chi connectivity index (χ1n) is 5.40. The van der Waals surface area contributed by atoms with Gasteiger partial charge in [0.2, 0.25) is 0 Å². The van der Waals surface area contributed by atoms with Gasteiger partial charge < -0.3 is 0 Å². The lowest BCUT2D eigenvalue weighted by Crippen LogP contribution is -2.04. The van der Waals surface area contributed by atoms with Crippen LogP contribution >= 0.6 is 0 Å². The van der Waals surface area contributed by atoms with Gasteiger partial charge in [-0.25, -0.2) is 0 Å². The Balaban J connectivity index is 2.48. The molecule has 1 aromatic heterocycles. The molecule has 0 saturated carbocycles. The number of nitrogens with zero attached hydrogens (tertiary/aromatic N) is 1. The fourth-order valence-corrected chi connectivity index (χ4v) is 1.68. The van der Waals surface area contributed by atoms with Gasteiger partial charge in [0.05, 0.1) is 0 Å². The van der Waals surface area contributed by atoms with Crippen LogP contribution in [-0.4, -0.2) is 10.8 Å². The van der Waals surface area contributed by atoms with Crippen LogP contribution in [0.2, 0.25) is 0 Å². The molecule has 0 aliphatic rings. The molecule has 2 aromatic rings. The smallest absolute Gasteiger partial charge is 0.193 e. The Morgan fingerprint density at radius 1 is 1.12 bits per heavy atom. The zero-order valence-electron chi connectivity index (χ0n) is 9.68. The number of pyridine rings is 1. The molecule has 1 heterocycles. The number of hydrogen-bond acceptors (Lipinski definition) is 2. The third-order valence-electron chi connectivity index (χ3n) is 2.56. The van der Waals surface area contributed by atoms with Crippen LogP contribution in [-0.2, 0) is 0 Å². The van der Waals surface area contributed by atoms with Crippen molar-refractivity contribution in [2.75, 3.05) is 0 Å². The predicted molar refractivity (Wildman–Crippen MR) is 68.8 cm³/mol. The normalized spacial score (nSPS) is 9.94. The molecule has 0 aliphatic carbocycles. The van der Waals surface area contributed by atoms with E-state index in [1.165, 1.54) is 0 Å². The Morgan fingerprint density at radius 2 is 1.82 bits per heavy atom. The number of carbonyl (C=O) groups excluding carboxylic acids is 1. The number of aromatic nitrogens is 1. The minimum absolute atomic E-state index is 0.00556. The van der Waals surface area contributed by atoms with Crippen LogP contribution in [0.4, 0.5) is 0 Å². The van der Waals surface area contributed by atoms with E-state index in [-0.39, 0.29) is 5.78 Å². The van der Waals surface area contributed by atoms with E-state index < -0.39 is 0 Å². The molecule has 84 valence electrons. The second-order valence-corrected chi connectivity index (χ2v) is 3.90. The van der Waals surface area contributed by atoms with Gasteiger partial charge in [-0.3, -0.25) is 9.78 Å². The molecule has 17 heavy (non-hydrogen) atoms. The van der Waals surface area contributed by atoms with Crippen LogP contribution in [0.25, 0.3) is 5.57 Å². The van der Waals surface area contributed by atoms with Gasteiger partial charge in [0.15, 0.2) is 5.78 Å². The monoisotopic (exact) mass is 223 g/mol. The van der Waals surface area contributed by atoms with Gasteiger partial charge in [-0.15, -0.1) is 0 Å². The van der Waals surface area contributed by atoms with Crippen LogP contribution in [0.5, 0.6) is 0 Å². The van der Waals surface area contributed by atoms with Crippen molar-refractivity contribution in [3.63, 3.8) is 0 Å². The van der Waals surface area contributed by atoms with E-state index in [2.05, 4.69) is 11.6 Å². The topological polar surface area (TPSA) is 30.0 Å². The molecule has 0 N–H and O–H groups in total. The van der Waals surface area contributed by atoms with Gasteiger partial charge in [-0.05, 0) is 18.6 Å². The molecule has 1 aromatic carbocycles. The molecule has 0 atom stereocenters. The highest BCUT2D eigenvalue weighted by atomic mass is 16.1. The van der Waals surface area contributed by atoms with Crippen LogP contribution in [0.15, 0.2) is 55.4 Å².